The molecule has 0 unspecified atom stereocenters. The fraction of sp³-hybridized carbons (Fsp3) is 0.500. The van der Waals surface area contributed by atoms with Crippen molar-refractivity contribution >= 4 is 28.2 Å². The summed E-state index contributed by atoms with van der Waals surface area (Å²) in [4.78, 5) is 24.4. The van der Waals surface area contributed by atoms with Gasteiger partial charge < -0.3 is 10.1 Å². The van der Waals surface area contributed by atoms with E-state index in [1.807, 2.05) is 30.0 Å². The number of hydrogen-bond acceptors (Lipinski definition) is 5. The molecule has 2 aromatic rings. The first-order valence-electron chi connectivity index (χ1n) is 8.31. The Labute approximate surface area is 152 Å². The molecule has 7 heteroatoms. The summed E-state index contributed by atoms with van der Waals surface area (Å²) in [5.74, 6) is -0.144. The van der Waals surface area contributed by atoms with E-state index in [9.17, 15) is 9.59 Å². The predicted molar refractivity (Wildman–Crippen MR) is 99.1 cm³/mol. The van der Waals surface area contributed by atoms with Crippen LogP contribution in [0.2, 0.25) is 0 Å². The van der Waals surface area contributed by atoms with E-state index in [2.05, 4.69) is 24.3 Å². The van der Waals surface area contributed by atoms with Crippen LogP contribution in [0.15, 0.2) is 11.4 Å². The molecule has 0 saturated carbocycles. The highest BCUT2D eigenvalue weighted by atomic mass is 32.1. The largest absolute Gasteiger partial charge is 0.465 e. The molecule has 0 spiro atoms. The molecule has 136 valence electrons. The molecule has 1 N–H and O–H groups in total. The lowest BCUT2D eigenvalue weighted by atomic mass is 10.0. The second kappa shape index (κ2) is 8.29. The summed E-state index contributed by atoms with van der Waals surface area (Å²) in [6, 6.07) is 1.98. The van der Waals surface area contributed by atoms with Gasteiger partial charge in [0.15, 0.2) is 0 Å². The number of thiophene rings is 1. The molecule has 2 heterocycles. The average Bonchev–Trinajstić information content (AvgIpc) is 3.06. The van der Waals surface area contributed by atoms with Gasteiger partial charge in [-0.05, 0) is 43.2 Å². The van der Waals surface area contributed by atoms with Gasteiger partial charge in [-0.1, -0.05) is 13.8 Å². The van der Waals surface area contributed by atoms with Crippen molar-refractivity contribution in [3.63, 3.8) is 0 Å². The van der Waals surface area contributed by atoms with Gasteiger partial charge in [0.1, 0.15) is 5.00 Å². The maximum Gasteiger partial charge on any atom is 0.341 e. The molecule has 1 amide bonds. The lowest BCUT2D eigenvalue weighted by Gasteiger charge is -2.09. The number of aryl methyl sites for hydroxylation is 3. The third kappa shape index (κ3) is 4.92. The summed E-state index contributed by atoms with van der Waals surface area (Å²) in [5, 5.41) is 9.68. The molecular formula is C18H25N3O3S. The average molecular weight is 363 g/mol. The Kier molecular flexibility index (Phi) is 6.36. The molecule has 0 atom stereocenters. The van der Waals surface area contributed by atoms with Crippen molar-refractivity contribution < 1.29 is 14.3 Å². The number of nitrogens with one attached hydrogen (secondary N) is 1. The maximum absolute atomic E-state index is 12.3. The lowest BCUT2D eigenvalue weighted by Crippen LogP contribution is -2.17. The van der Waals surface area contributed by atoms with Crippen molar-refractivity contribution in [1.29, 1.82) is 0 Å². The summed E-state index contributed by atoms with van der Waals surface area (Å²) in [7, 11) is 1.35. The van der Waals surface area contributed by atoms with Crippen molar-refractivity contribution in [3.05, 3.63) is 34.0 Å². The van der Waals surface area contributed by atoms with Crippen molar-refractivity contribution in [2.24, 2.45) is 5.92 Å². The minimum Gasteiger partial charge on any atom is -0.465 e. The van der Waals surface area contributed by atoms with Crippen LogP contribution in [0.3, 0.4) is 0 Å². The zero-order valence-corrected chi connectivity index (χ0v) is 16.2. The fourth-order valence-electron chi connectivity index (χ4n) is 2.70. The first kappa shape index (κ1) is 19.2. The van der Waals surface area contributed by atoms with Crippen LogP contribution in [0.1, 0.15) is 47.6 Å². The number of aromatic nitrogens is 2. The van der Waals surface area contributed by atoms with Gasteiger partial charge in [-0.3, -0.25) is 9.48 Å². The Bertz CT molecular complexity index is 762. The van der Waals surface area contributed by atoms with E-state index < -0.39 is 5.97 Å². The van der Waals surface area contributed by atoms with E-state index in [1.165, 1.54) is 18.4 Å². The number of esters is 1. The van der Waals surface area contributed by atoms with E-state index in [4.69, 9.17) is 4.74 Å². The van der Waals surface area contributed by atoms with Gasteiger partial charge in [0.25, 0.3) is 0 Å². The molecule has 6 nitrogen and oxygen atoms in total. The van der Waals surface area contributed by atoms with Crippen LogP contribution in [0, 0.1) is 19.8 Å². The Balaban J connectivity index is 2.08. The molecule has 0 saturated heterocycles. The van der Waals surface area contributed by atoms with Gasteiger partial charge in [0.2, 0.25) is 5.91 Å². The van der Waals surface area contributed by atoms with Crippen molar-refractivity contribution in [2.75, 3.05) is 12.4 Å². The lowest BCUT2D eigenvalue weighted by molar-refractivity contribution is -0.116. The summed E-state index contributed by atoms with van der Waals surface area (Å²) in [5.41, 5.74) is 3.35. The molecular weight excluding hydrogens is 338 g/mol. The Hall–Kier alpha value is -2.15. The topological polar surface area (TPSA) is 73.2 Å². The summed E-state index contributed by atoms with van der Waals surface area (Å²) >= 11 is 1.36. The van der Waals surface area contributed by atoms with Crippen LogP contribution in [-0.2, 0) is 22.5 Å². The number of carbonyl (C=O) groups excluding carboxylic acids is 2. The van der Waals surface area contributed by atoms with Crippen molar-refractivity contribution in [3.8, 4) is 0 Å². The summed E-state index contributed by atoms with van der Waals surface area (Å²) < 4.78 is 6.70. The maximum atomic E-state index is 12.3. The molecule has 2 aromatic heterocycles. The van der Waals surface area contributed by atoms with Crippen LogP contribution >= 0.6 is 11.3 Å². The molecule has 0 aromatic carbocycles. The third-order valence-electron chi connectivity index (χ3n) is 3.79. The van der Waals surface area contributed by atoms with E-state index in [1.54, 1.807) is 0 Å². The second-order valence-electron chi connectivity index (χ2n) is 6.50. The smallest absolute Gasteiger partial charge is 0.341 e. The molecule has 0 radical (unpaired) electrons. The van der Waals surface area contributed by atoms with Crippen LogP contribution in [-0.4, -0.2) is 28.8 Å². The van der Waals surface area contributed by atoms with Crippen LogP contribution in [0.25, 0.3) is 0 Å². The number of rotatable bonds is 7. The van der Waals surface area contributed by atoms with E-state index in [0.717, 1.165) is 23.4 Å². The van der Waals surface area contributed by atoms with Crippen LogP contribution < -0.4 is 5.32 Å². The van der Waals surface area contributed by atoms with Gasteiger partial charge >= 0.3 is 5.97 Å². The monoisotopic (exact) mass is 363 g/mol. The molecule has 0 aliphatic carbocycles. The Morgan fingerprint density at radius 2 is 2.08 bits per heavy atom. The molecule has 25 heavy (non-hydrogen) atoms. The number of amides is 1. The normalized spacial score (nSPS) is 11.0. The van der Waals surface area contributed by atoms with Crippen LogP contribution in [0.4, 0.5) is 5.00 Å². The minimum atomic E-state index is -0.411. The first-order chi connectivity index (χ1) is 11.8. The highest BCUT2D eigenvalue weighted by Gasteiger charge is 2.21. The fourth-order valence-corrected chi connectivity index (χ4v) is 3.68. The number of methoxy groups -OCH3 is 1. The molecule has 0 bridgehead atoms. The van der Waals surface area contributed by atoms with Gasteiger partial charge in [-0.25, -0.2) is 4.79 Å². The minimum absolute atomic E-state index is 0.143. The van der Waals surface area contributed by atoms with Gasteiger partial charge in [-0.15, -0.1) is 11.3 Å². The molecule has 0 aliphatic rings. The van der Waals surface area contributed by atoms with E-state index in [-0.39, 0.29) is 5.91 Å². The zero-order valence-electron chi connectivity index (χ0n) is 15.4. The number of carbonyl (C=O) groups is 2. The van der Waals surface area contributed by atoms with Gasteiger partial charge in [0, 0.05) is 18.7 Å². The highest BCUT2D eigenvalue weighted by molar-refractivity contribution is 7.15. The number of hydrogen-bond donors (Lipinski definition) is 1. The van der Waals surface area contributed by atoms with Crippen molar-refractivity contribution in [2.45, 2.75) is 47.1 Å². The quantitative estimate of drug-likeness (QED) is 0.763. The zero-order chi connectivity index (χ0) is 18.6. The first-order valence-corrected chi connectivity index (χ1v) is 9.19. The predicted octanol–water partition coefficient (Wildman–Crippen LogP) is 3.58. The Morgan fingerprint density at radius 3 is 2.64 bits per heavy atom. The van der Waals surface area contributed by atoms with Gasteiger partial charge in [0.05, 0.1) is 18.4 Å². The molecule has 0 fully saturated rings. The third-order valence-corrected chi connectivity index (χ3v) is 4.74. The number of nitrogens with zero attached hydrogens (tertiary/aromatic N) is 2. The number of anilines is 1. The summed E-state index contributed by atoms with van der Waals surface area (Å²) in [6.07, 6.45) is 1.06. The van der Waals surface area contributed by atoms with Crippen LogP contribution in [0.5, 0.6) is 0 Å². The summed E-state index contributed by atoms with van der Waals surface area (Å²) in [6.45, 7) is 8.57. The molecule has 2 rings (SSSR count). The Morgan fingerprint density at radius 1 is 1.36 bits per heavy atom. The SMILES string of the molecule is COC(=O)c1c(CC(C)C)csc1NC(=O)CCn1nc(C)cc1C. The standard InChI is InChI=1S/C18H25N3O3S/c1-11(2)8-14-10-25-17(16(14)18(23)24-5)19-15(22)6-7-21-13(4)9-12(3)20-21/h9-11H,6-8H2,1-5H3,(H,19,22). The number of ether oxygens (including phenoxy) is 1. The molecule has 0 aliphatic heterocycles. The van der Waals surface area contributed by atoms with E-state index in [0.29, 0.717) is 29.4 Å². The van der Waals surface area contributed by atoms with Gasteiger partial charge in [-0.2, -0.15) is 5.10 Å². The second-order valence-corrected chi connectivity index (χ2v) is 7.38. The highest BCUT2D eigenvalue weighted by Crippen LogP contribution is 2.31. The van der Waals surface area contributed by atoms with E-state index >= 15 is 0 Å². The van der Waals surface area contributed by atoms with Crippen molar-refractivity contribution in [1.82, 2.24) is 9.78 Å².